The number of methoxy groups -OCH3 is 4. The van der Waals surface area contributed by atoms with E-state index in [4.69, 9.17) is 18.9 Å². The molecule has 0 unspecified atom stereocenters. The van der Waals surface area contributed by atoms with E-state index in [-0.39, 0.29) is 17.9 Å². The summed E-state index contributed by atoms with van der Waals surface area (Å²) in [5, 5.41) is 11.1. The number of ketones is 1. The van der Waals surface area contributed by atoms with Gasteiger partial charge >= 0.3 is 0 Å². The van der Waals surface area contributed by atoms with Crippen molar-refractivity contribution in [1.29, 1.82) is 0 Å². The molecule has 1 heterocycles. The highest BCUT2D eigenvalue weighted by atomic mass is 16.5. The summed E-state index contributed by atoms with van der Waals surface area (Å²) in [6.07, 6.45) is 0.531. The van der Waals surface area contributed by atoms with Crippen LogP contribution in [0.25, 0.3) is 5.76 Å². The zero-order valence-corrected chi connectivity index (χ0v) is 18.6. The Labute approximate surface area is 187 Å². The van der Waals surface area contributed by atoms with Crippen LogP contribution >= 0.6 is 0 Å². The van der Waals surface area contributed by atoms with E-state index < -0.39 is 17.7 Å². The summed E-state index contributed by atoms with van der Waals surface area (Å²) in [6, 6.07) is 11.0. The van der Waals surface area contributed by atoms with E-state index in [2.05, 4.69) is 0 Å². The summed E-state index contributed by atoms with van der Waals surface area (Å²) in [5.41, 5.74) is 1.00. The number of aliphatic hydroxyl groups is 1. The van der Waals surface area contributed by atoms with Gasteiger partial charge < -0.3 is 29.0 Å². The fourth-order valence-electron chi connectivity index (χ4n) is 3.73. The maximum atomic E-state index is 13.1. The highest BCUT2D eigenvalue weighted by Crippen LogP contribution is 2.41. The average molecular weight is 441 g/mol. The fraction of sp³-hybridized carbons (Fsp3) is 0.333. The predicted molar refractivity (Wildman–Crippen MR) is 118 cm³/mol. The molecule has 0 saturated carbocycles. The Bertz CT molecular complexity index is 991. The molecule has 1 fully saturated rings. The Morgan fingerprint density at radius 3 is 2.03 bits per heavy atom. The third kappa shape index (κ3) is 4.55. The van der Waals surface area contributed by atoms with Gasteiger partial charge in [-0.3, -0.25) is 9.59 Å². The van der Waals surface area contributed by atoms with Gasteiger partial charge in [0.15, 0.2) is 0 Å². The van der Waals surface area contributed by atoms with Crippen LogP contribution in [-0.2, 0) is 14.3 Å². The van der Waals surface area contributed by atoms with E-state index in [1.54, 1.807) is 49.6 Å². The molecule has 1 N–H and O–H groups in total. The molecule has 32 heavy (non-hydrogen) atoms. The SMILES string of the molecule is COCCCN1C(=O)C(=O)C(=C(O)c2ccc(OC)cc2)[C@@H]1c1cc(OC)cc(OC)c1. The number of benzene rings is 2. The van der Waals surface area contributed by atoms with Gasteiger partial charge in [-0.1, -0.05) is 0 Å². The third-order valence-corrected chi connectivity index (χ3v) is 5.34. The molecule has 0 bridgehead atoms. The van der Waals surface area contributed by atoms with Crippen molar-refractivity contribution in [3.8, 4) is 17.2 Å². The molecule has 3 rings (SSSR count). The Hall–Kier alpha value is -3.52. The van der Waals surface area contributed by atoms with E-state index in [0.717, 1.165) is 0 Å². The van der Waals surface area contributed by atoms with E-state index in [1.165, 1.54) is 26.2 Å². The molecule has 0 aliphatic carbocycles. The second-order valence-corrected chi connectivity index (χ2v) is 7.21. The van der Waals surface area contributed by atoms with Crippen LogP contribution in [0.2, 0.25) is 0 Å². The Balaban J connectivity index is 2.16. The number of nitrogens with zero attached hydrogens (tertiary/aromatic N) is 1. The van der Waals surface area contributed by atoms with Gasteiger partial charge in [0.25, 0.3) is 11.7 Å². The number of carbonyl (C=O) groups excluding carboxylic acids is 2. The largest absolute Gasteiger partial charge is 0.507 e. The number of hydrogen-bond donors (Lipinski definition) is 1. The zero-order valence-electron chi connectivity index (χ0n) is 18.6. The van der Waals surface area contributed by atoms with Crippen LogP contribution in [0.4, 0.5) is 0 Å². The van der Waals surface area contributed by atoms with Crippen molar-refractivity contribution in [2.75, 3.05) is 41.6 Å². The Kier molecular flexibility index (Phi) is 7.37. The molecule has 1 aliphatic heterocycles. The first kappa shape index (κ1) is 23.1. The normalized spacial score (nSPS) is 17.5. The van der Waals surface area contributed by atoms with Crippen molar-refractivity contribution < 1.29 is 33.6 Å². The number of Topliss-reactive ketones (excluding diaryl/α,β-unsaturated/α-hetero) is 1. The molecule has 1 atom stereocenters. The molecule has 1 saturated heterocycles. The van der Waals surface area contributed by atoms with Crippen LogP contribution in [0, 0.1) is 0 Å². The molecule has 8 heteroatoms. The van der Waals surface area contributed by atoms with Gasteiger partial charge in [0, 0.05) is 31.9 Å². The van der Waals surface area contributed by atoms with Gasteiger partial charge in [-0.2, -0.15) is 0 Å². The summed E-state index contributed by atoms with van der Waals surface area (Å²) >= 11 is 0. The van der Waals surface area contributed by atoms with E-state index >= 15 is 0 Å². The number of carbonyl (C=O) groups is 2. The topological polar surface area (TPSA) is 94.5 Å². The second kappa shape index (κ2) is 10.2. The number of ether oxygens (including phenoxy) is 4. The predicted octanol–water partition coefficient (Wildman–Crippen LogP) is 3.17. The van der Waals surface area contributed by atoms with Crippen molar-refractivity contribution in [2.24, 2.45) is 0 Å². The molecule has 2 aromatic carbocycles. The van der Waals surface area contributed by atoms with Crippen LogP contribution in [0.3, 0.4) is 0 Å². The average Bonchev–Trinajstić information content (AvgIpc) is 3.08. The molecule has 0 aromatic heterocycles. The summed E-state index contributed by atoms with van der Waals surface area (Å²) < 4.78 is 21.0. The van der Waals surface area contributed by atoms with Crippen molar-refractivity contribution in [1.82, 2.24) is 4.90 Å². The third-order valence-electron chi connectivity index (χ3n) is 5.34. The summed E-state index contributed by atoms with van der Waals surface area (Å²) in [4.78, 5) is 27.4. The van der Waals surface area contributed by atoms with Crippen LogP contribution in [0.15, 0.2) is 48.0 Å². The number of amides is 1. The van der Waals surface area contributed by atoms with Crippen LogP contribution in [0.5, 0.6) is 17.2 Å². The second-order valence-electron chi connectivity index (χ2n) is 7.21. The highest BCUT2D eigenvalue weighted by molar-refractivity contribution is 6.46. The minimum Gasteiger partial charge on any atom is -0.507 e. The van der Waals surface area contributed by atoms with Crippen molar-refractivity contribution >= 4 is 17.4 Å². The van der Waals surface area contributed by atoms with Gasteiger partial charge in [-0.15, -0.1) is 0 Å². The van der Waals surface area contributed by atoms with Crippen molar-refractivity contribution in [3.05, 3.63) is 59.2 Å². The maximum Gasteiger partial charge on any atom is 0.295 e. The first-order chi connectivity index (χ1) is 15.4. The van der Waals surface area contributed by atoms with Gasteiger partial charge in [-0.25, -0.2) is 0 Å². The van der Waals surface area contributed by atoms with Gasteiger partial charge in [-0.05, 0) is 48.4 Å². The van der Waals surface area contributed by atoms with E-state index in [9.17, 15) is 14.7 Å². The molecule has 8 nitrogen and oxygen atoms in total. The lowest BCUT2D eigenvalue weighted by Gasteiger charge is -2.26. The number of hydrogen-bond acceptors (Lipinski definition) is 7. The summed E-state index contributed by atoms with van der Waals surface area (Å²) in [5.74, 6) is -0.0642. The highest BCUT2D eigenvalue weighted by Gasteiger charge is 2.46. The number of likely N-dealkylation sites (tertiary alicyclic amines) is 1. The fourth-order valence-corrected chi connectivity index (χ4v) is 3.73. The number of aliphatic hydroxyl groups excluding tert-OH is 1. The first-order valence-corrected chi connectivity index (χ1v) is 10.1. The zero-order chi connectivity index (χ0) is 23.3. The Morgan fingerprint density at radius 1 is 0.906 bits per heavy atom. The molecular formula is C24H27NO7. The van der Waals surface area contributed by atoms with Gasteiger partial charge in [0.1, 0.15) is 23.0 Å². The molecule has 170 valence electrons. The van der Waals surface area contributed by atoms with Crippen molar-refractivity contribution in [3.63, 3.8) is 0 Å². The van der Waals surface area contributed by atoms with Gasteiger partial charge in [0.05, 0.1) is 32.9 Å². The maximum absolute atomic E-state index is 13.1. The molecule has 1 aliphatic rings. The molecule has 0 spiro atoms. The standard InChI is InChI=1S/C24H27NO7/c1-29-11-5-10-25-21(16-12-18(31-3)14-19(13-16)32-4)20(23(27)24(25)28)22(26)15-6-8-17(30-2)9-7-15/h6-9,12-14,21,26H,5,10-11H2,1-4H3/t21-/m0/s1. The van der Waals surface area contributed by atoms with Crippen LogP contribution in [-0.4, -0.2) is 63.3 Å². The van der Waals surface area contributed by atoms with E-state index in [1.807, 2.05) is 0 Å². The van der Waals surface area contributed by atoms with Crippen molar-refractivity contribution in [2.45, 2.75) is 12.5 Å². The lowest BCUT2D eigenvalue weighted by Crippen LogP contribution is -2.31. The smallest absolute Gasteiger partial charge is 0.295 e. The minimum atomic E-state index is -0.807. The van der Waals surface area contributed by atoms with Crippen LogP contribution in [0.1, 0.15) is 23.6 Å². The lowest BCUT2D eigenvalue weighted by molar-refractivity contribution is -0.140. The quantitative estimate of drug-likeness (QED) is 0.276. The number of rotatable bonds is 9. The lowest BCUT2D eigenvalue weighted by atomic mass is 9.94. The van der Waals surface area contributed by atoms with Crippen LogP contribution < -0.4 is 14.2 Å². The summed E-state index contributed by atoms with van der Waals surface area (Å²) in [6.45, 7) is 0.706. The summed E-state index contributed by atoms with van der Waals surface area (Å²) in [7, 11) is 6.15. The van der Waals surface area contributed by atoms with E-state index in [0.29, 0.717) is 41.4 Å². The monoisotopic (exact) mass is 441 g/mol. The first-order valence-electron chi connectivity index (χ1n) is 10.1. The van der Waals surface area contributed by atoms with Gasteiger partial charge in [0.2, 0.25) is 0 Å². The Morgan fingerprint density at radius 2 is 1.50 bits per heavy atom. The molecular weight excluding hydrogens is 414 g/mol. The molecule has 0 radical (unpaired) electrons. The molecule has 2 aromatic rings. The molecule has 1 amide bonds. The minimum absolute atomic E-state index is 0.00731.